The van der Waals surface area contributed by atoms with Gasteiger partial charge in [0.05, 0.1) is 11.4 Å². The van der Waals surface area contributed by atoms with Crippen LogP contribution in [-0.2, 0) is 0 Å². The van der Waals surface area contributed by atoms with Crippen LogP contribution in [0, 0.1) is 0 Å². The summed E-state index contributed by atoms with van der Waals surface area (Å²) in [6, 6.07) is 62.6. The van der Waals surface area contributed by atoms with Gasteiger partial charge < -0.3 is 9.64 Å². The van der Waals surface area contributed by atoms with Gasteiger partial charge in [0.2, 0.25) is 0 Å². The van der Waals surface area contributed by atoms with Crippen molar-refractivity contribution in [3.8, 4) is 44.9 Å². The zero-order valence-electron chi connectivity index (χ0n) is 25.1. The number of rotatable bonds is 4. The molecule has 1 aliphatic rings. The molecule has 8 aromatic rings. The van der Waals surface area contributed by atoms with Crippen LogP contribution in [0.2, 0.25) is 0 Å². The Hall–Kier alpha value is -6.12. The van der Waals surface area contributed by atoms with Crippen LogP contribution in [0.5, 0.6) is 11.5 Å². The Balaban J connectivity index is 1.35. The molecule has 0 aromatic heterocycles. The normalized spacial score (nSPS) is 11.7. The molecule has 216 valence electrons. The van der Waals surface area contributed by atoms with Crippen LogP contribution in [0.4, 0.5) is 17.1 Å². The third-order valence-electron chi connectivity index (χ3n) is 9.06. The maximum atomic E-state index is 6.76. The largest absolute Gasteiger partial charge is 0.456 e. The summed E-state index contributed by atoms with van der Waals surface area (Å²) in [5.74, 6) is 1.72. The molecule has 9 rings (SSSR count). The third kappa shape index (κ3) is 4.27. The molecule has 8 aromatic carbocycles. The van der Waals surface area contributed by atoms with Gasteiger partial charge in [-0.25, -0.2) is 0 Å². The third-order valence-corrected chi connectivity index (χ3v) is 9.06. The summed E-state index contributed by atoms with van der Waals surface area (Å²) in [6.45, 7) is 0. The summed E-state index contributed by atoms with van der Waals surface area (Å²) in [5, 5.41) is 4.71. The summed E-state index contributed by atoms with van der Waals surface area (Å²) >= 11 is 0. The van der Waals surface area contributed by atoms with Crippen molar-refractivity contribution in [2.45, 2.75) is 0 Å². The van der Waals surface area contributed by atoms with Crippen molar-refractivity contribution in [1.29, 1.82) is 0 Å². The molecule has 0 spiro atoms. The average Bonchev–Trinajstić information content (AvgIpc) is 3.27. The monoisotopic (exact) mass is 587 g/mol. The van der Waals surface area contributed by atoms with Gasteiger partial charge >= 0.3 is 0 Å². The molecule has 0 atom stereocenters. The first-order valence-corrected chi connectivity index (χ1v) is 15.7. The van der Waals surface area contributed by atoms with E-state index < -0.39 is 0 Å². The number of fused-ring (bicyclic) bond motifs is 8. The minimum atomic E-state index is 0.856. The molecule has 0 saturated carbocycles. The zero-order chi connectivity index (χ0) is 30.5. The van der Waals surface area contributed by atoms with Gasteiger partial charge in [0.15, 0.2) is 0 Å². The Kier molecular flexibility index (Phi) is 6.17. The molecule has 0 saturated heterocycles. The van der Waals surface area contributed by atoms with E-state index in [2.05, 4.69) is 175 Å². The highest BCUT2D eigenvalue weighted by Crippen LogP contribution is 2.52. The number of para-hydroxylation sites is 1. The second-order valence-electron chi connectivity index (χ2n) is 11.7. The van der Waals surface area contributed by atoms with E-state index in [-0.39, 0.29) is 0 Å². The lowest BCUT2D eigenvalue weighted by atomic mass is 9.90. The van der Waals surface area contributed by atoms with Gasteiger partial charge in [0.25, 0.3) is 0 Å². The molecule has 46 heavy (non-hydrogen) atoms. The van der Waals surface area contributed by atoms with Gasteiger partial charge in [-0.1, -0.05) is 140 Å². The van der Waals surface area contributed by atoms with E-state index in [1.807, 2.05) is 6.07 Å². The molecule has 1 heterocycles. The summed E-state index contributed by atoms with van der Waals surface area (Å²) in [7, 11) is 0. The van der Waals surface area contributed by atoms with Gasteiger partial charge in [-0.05, 0) is 69.4 Å². The molecule has 0 fully saturated rings. The predicted molar refractivity (Wildman–Crippen MR) is 193 cm³/mol. The first-order chi connectivity index (χ1) is 22.8. The van der Waals surface area contributed by atoms with Crippen LogP contribution < -0.4 is 9.64 Å². The smallest absolute Gasteiger partial charge is 0.136 e. The summed E-state index contributed by atoms with van der Waals surface area (Å²) in [6.07, 6.45) is 0. The summed E-state index contributed by atoms with van der Waals surface area (Å²) in [5.41, 5.74) is 10.2. The zero-order valence-corrected chi connectivity index (χ0v) is 25.1. The number of anilines is 3. The second kappa shape index (κ2) is 10.8. The molecule has 0 amide bonds. The SMILES string of the molecule is c1ccc(-c2ccc(N(c3cccc4ccccc34)c3cccc4ccc5c(c34)-c3ccccc3-c3ccccc3O5)cc2)cc1. The van der Waals surface area contributed by atoms with Crippen LogP contribution in [0.1, 0.15) is 0 Å². The van der Waals surface area contributed by atoms with Crippen molar-refractivity contribution in [2.75, 3.05) is 4.90 Å². The molecule has 0 radical (unpaired) electrons. The number of hydrogen-bond donors (Lipinski definition) is 0. The van der Waals surface area contributed by atoms with E-state index in [9.17, 15) is 0 Å². The molecular weight excluding hydrogens is 558 g/mol. The van der Waals surface area contributed by atoms with Crippen molar-refractivity contribution in [3.63, 3.8) is 0 Å². The van der Waals surface area contributed by atoms with E-state index in [1.165, 1.54) is 27.5 Å². The first-order valence-electron chi connectivity index (χ1n) is 15.7. The van der Waals surface area contributed by atoms with Gasteiger partial charge in [0, 0.05) is 27.6 Å². The van der Waals surface area contributed by atoms with Crippen molar-refractivity contribution < 1.29 is 4.74 Å². The first kappa shape index (κ1) is 26.3. The molecule has 0 N–H and O–H groups in total. The van der Waals surface area contributed by atoms with E-state index in [0.29, 0.717) is 0 Å². The molecule has 0 aliphatic carbocycles. The molecule has 0 bridgehead atoms. The molecular formula is C44H29NO. The van der Waals surface area contributed by atoms with Gasteiger partial charge in [-0.15, -0.1) is 0 Å². The highest BCUT2D eigenvalue weighted by atomic mass is 16.5. The van der Waals surface area contributed by atoms with Crippen LogP contribution >= 0.6 is 0 Å². The van der Waals surface area contributed by atoms with Crippen molar-refractivity contribution in [1.82, 2.24) is 0 Å². The lowest BCUT2D eigenvalue weighted by Crippen LogP contribution is -2.11. The highest BCUT2D eigenvalue weighted by Gasteiger charge is 2.26. The highest BCUT2D eigenvalue weighted by molar-refractivity contribution is 6.13. The van der Waals surface area contributed by atoms with Gasteiger partial charge in [-0.3, -0.25) is 0 Å². The Morgan fingerprint density at radius 1 is 0.370 bits per heavy atom. The fourth-order valence-electron chi connectivity index (χ4n) is 6.96. The summed E-state index contributed by atoms with van der Waals surface area (Å²) < 4.78 is 6.76. The second-order valence-corrected chi connectivity index (χ2v) is 11.7. The number of nitrogens with zero attached hydrogens (tertiary/aromatic N) is 1. The Morgan fingerprint density at radius 2 is 1.00 bits per heavy atom. The van der Waals surface area contributed by atoms with Crippen LogP contribution in [0.25, 0.3) is 54.9 Å². The van der Waals surface area contributed by atoms with Crippen LogP contribution in [0.15, 0.2) is 176 Å². The van der Waals surface area contributed by atoms with E-state index >= 15 is 0 Å². The molecule has 0 unspecified atom stereocenters. The van der Waals surface area contributed by atoms with E-state index in [0.717, 1.165) is 56.0 Å². The van der Waals surface area contributed by atoms with Crippen molar-refractivity contribution in [3.05, 3.63) is 176 Å². The van der Waals surface area contributed by atoms with E-state index in [1.54, 1.807) is 0 Å². The number of ether oxygens (including phenoxy) is 1. The lowest BCUT2D eigenvalue weighted by Gasteiger charge is -2.29. The standard InChI is InChI=1S/C44H29NO/c1-2-12-30(13-3-1)31-24-27-34(28-25-31)45(39-21-10-15-32-14-4-5-17-35(32)39)40-22-11-16-33-26-29-42-44(43(33)40)38-20-7-6-18-36(38)37-19-8-9-23-41(37)46-42/h1-29H. The Labute approximate surface area is 268 Å². The Morgan fingerprint density at radius 3 is 1.85 bits per heavy atom. The number of benzene rings is 8. The number of hydrogen-bond acceptors (Lipinski definition) is 2. The quantitative estimate of drug-likeness (QED) is 0.203. The maximum Gasteiger partial charge on any atom is 0.136 e. The minimum absolute atomic E-state index is 0.856. The topological polar surface area (TPSA) is 12.5 Å². The Bertz CT molecular complexity index is 2390. The molecule has 1 aliphatic heterocycles. The molecule has 2 heteroatoms. The van der Waals surface area contributed by atoms with Gasteiger partial charge in [-0.2, -0.15) is 0 Å². The van der Waals surface area contributed by atoms with Crippen LogP contribution in [0.3, 0.4) is 0 Å². The van der Waals surface area contributed by atoms with Crippen molar-refractivity contribution in [2.24, 2.45) is 0 Å². The maximum absolute atomic E-state index is 6.76. The minimum Gasteiger partial charge on any atom is -0.456 e. The van der Waals surface area contributed by atoms with E-state index in [4.69, 9.17) is 4.74 Å². The predicted octanol–water partition coefficient (Wildman–Crippen LogP) is 12.6. The fourth-order valence-corrected chi connectivity index (χ4v) is 6.96. The average molecular weight is 588 g/mol. The lowest BCUT2D eigenvalue weighted by molar-refractivity contribution is 0.488. The van der Waals surface area contributed by atoms with Gasteiger partial charge in [0.1, 0.15) is 11.5 Å². The van der Waals surface area contributed by atoms with Crippen LogP contribution in [-0.4, -0.2) is 0 Å². The summed E-state index contributed by atoms with van der Waals surface area (Å²) in [4.78, 5) is 2.42. The molecule has 2 nitrogen and oxygen atoms in total. The fraction of sp³-hybridized carbons (Fsp3) is 0. The van der Waals surface area contributed by atoms with Crippen molar-refractivity contribution >= 4 is 38.6 Å².